The number of urea groups is 1. The molecule has 20 heavy (non-hydrogen) atoms. The van der Waals surface area contributed by atoms with Crippen LogP contribution in [0.5, 0.6) is 0 Å². The molecule has 6 nitrogen and oxygen atoms in total. The molecule has 1 aromatic carbocycles. The van der Waals surface area contributed by atoms with E-state index < -0.39 is 11.6 Å². The average molecular weight is 343 g/mol. The van der Waals surface area contributed by atoms with Gasteiger partial charge in [0.1, 0.15) is 0 Å². The molecule has 108 valence electrons. The Kier molecular flexibility index (Phi) is 4.01. The highest BCUT2D eigenvalue weighted by molar-refractivity contribution is 9.10. The third-order valence-electron chi connectivity index (χ3n) is 3.20. The summed E-state index contributed by atoms with van der Waals surface area (Å²) in [6, 6.07) is 4.06. The maximum Gasteiger partial charge on any atom is 0.335 e. The molecular formula is C13H15BrN2O4. The van der Waals surface area contributed by atoms with Gasteiger partial charge in [-0.1, -0.05) is 0 Å². The van der Waals surface area contributed by atoms with Gasteiger partial charge in [0.05, 0.1) is 23.4 Å². The van der Waals surface area contributed by atoms with Crippen molar-refractivity contribution in [2.24, 2.45) is 0 Å². The van der Waals surface area contributed by atoms with Crippen molar-refractivity contribution in [2.75, 3.05) is 18.4 Å². The van der Waals surface area contributed by atoms with E-state index in [1.165, 1.54) is 23.1 Å². The number of halogens is 1. The monoisotopic (exact) mass is 342 g/mol. The summed E-state index contributed by atoms with van der Waals surface area (Å²) in [5.41, 5.74) is -0.215. The number of carboxylic acid groups (broad SMARTS) is 1. The highest BCUT2D eigenvalue weighted by Gasteiger charge is 2.34. The summed E-state index contributed by atoms with van der Waals surface area (Å²) in [4.78, 5) is 24.4. The minimum atomic E-state index is -1.03. The fraction of sp³-hybridized carbons (Fsp3) is 0.385. The Labute approximate surface area is 124 Å². The van der Waals surface area contributed by atoms with Crippen molar-refractivity contribution >= 4 is 33.6 Å². The molecule has 1 heterocycles. The third-order valence-corrected chi connectivity index (χ3v) is 3.85. The maximum atomic E-state index is 12.0. The van der Waals surface area contributed by atoms with E-state index in [1.54, 1.807) is 6.92 Å². The van der Waals surface area contributed by atoms with Crippen LogP contribution < -0.4 is 5.32 Å². The van der Waals surface area contributed by atoms with E-state index >= 15 is 0 Å². The SMILES string of the molecule is CC1(O)CCN(C(=O)Nc2ccc(C(=O)O)cc2Br)C1. The van der Waals surface area contributed by atoms with Gasteiger partial charge in [0.2, 0.25) is 0 Å². The molecular weight excluding hydrogens is 328 g/mol. The Morgan fingerprint density at radius 3 is 2.65 bits per heavy atom. The van der Waals surface area contributed by atoms with Crippen LogP contribution in [0.1, 0.15) is 23.7 Å². The number of benzene rings is 1. The second kappa shape index (κ2) is 5.41. The number of amides is 2. The molecule has 0 aromatic heterocycles. The van der Waals surface area contributed by atoms with Gasteiger partial charge < -0.3 is 20.4 Å². The fourth-order valence-electron chi connectivity index (χ4n) is 2.06. The molecule has 1 unspecified atom stereocenters. The highest BCUT2D eigenvalue weighted by atomic mass is 79.9. The molecule has 0 saturated carbocycles. The molecule has 0 aliphatic carbocycles. The number of β-amino-alcohol motifs (C(OH)–C–C–N with tert-alkyl or cyclic N) is 1. The first-order valence-electron chi connectivity index (χ1n) is 6.10. The summed E-state index contributed by atoms with van der Waals surface area (Å²) < 4.78 is 0.497. The molecule has 1 aliphatic rings. The second-order valence-electron chi connectivity index (χ2n) is 5.10. The van der Waals surface area contributed by atoms with Crippen LogP contribution in [0, 0.1) is 0 Å². The molecule has 0 radical (unpaired) electrons. The lowest BCUT2D eigenvalue weighted by Gasteiger charge is -2.20. The molecule has 2 amide bonds. The number of anilines is 1. The van der Waals surface area contributed by atoms with E-state index in [4.69, 9.17) is 5.11 Å². The Hall–Kier alpha value is -1.60. The molecule has 1 atom stereocenters. The smallest absolute Gasteiger partial charge is 0.335 e. The molecule has 2 rings (SSSR count). The predicted molar refractivity (Wildman–Crippen MR) is 76.9 cm³/mol. The molecule has 1 aliphatic heterocycles. The Bertz CT molecular complexity index is 559. The van der Waals surface area contributed by atoms with Crippen LogP contribution in [0.2, 0.25) is 0 Å². The number of aliphatic hydroxyl groups is 1. The molecule has 7 heteroatoms. The lowest BCUT2D eigenvalue weighted by atomic mass is 10.1. The molecule has 0 bridgehead atoms. The zero-order chi connectivity index (χ0) is 14.9. The van der Waals surface area contributed by atoms with Crippen molar-refractivity contribution in [3.8, 4) is 0 Å². The van der Waals surface area contributed by atoms with Gasteiger partial charge in [-0.2, -0.15) is 0 Å². The lowest BCUT2D eigenvalue weighted by Crippen LogP contribution is -2.36. The number of rotatable bonds is 2. The summed E-state index contributed by atoms with van der Waals surface area (Å²) in [6.45, 7) is 2.46. The van der Waals surface area contributed by atoms with Crippen LogP contribution in [0.4, 0.5) is 10.5 Å². The standard InChI is InChI=1S/C13H15BrN2O4/c1-13(20)4-5-16(7-13)12(19)15-10-3-2-8(11(17)18)6-9(10)14/h2-3,6,20H,4-5,7H2,1H3,(H,15,19)(H,17,18). The largest absolute Gasteiger partial charge is 0.478 e. The quantitative estimate of drug-likeness (QED) is 0.767. The number of hydrogen-bond acceptors (Lipinski definition) is 3. The molecule has 1 fully saturated rings. The van der Waals surface area contributed by atoms with Crippen molar-refractivity contribution in [3.05, 3.63) is 28.2 Å². The average Bonchev–Trinajstić information content (AvgIpc) is 2.72. The Morgan fingerprint density at radius 1 is 1.45 bits per heavy atom. The summed E-state index contributed by atoms with van der Waals surface area (Å²) in [5, 5.41) is 21.4. The summed E-state index contributed by atoms with van der Waals surface area (Å²) >= 11 is 3.23. The normalized spacial score (nSPS) is 21.9. The summed E-state index contributed by atoms with van der Waals surface area (Å²) in [7, 11) is 0. The first-order chi connectivity index (χ1) is 9.28. The minimum absolute atomic E-state index is 0.138. The molecule has 3 N–H and O–H groups in total. The van der Waals surface area contributed by atoms with Gasteiger partial charge in [0.25, 0.3) is 0 Å². The zero-order valence-corrected chi connectivity index (χ0v) is 12.5. The first-order valence-corrected chi connectivity index (χ1v) is 6.89. The molecule has 1 aromatic rings. The third kappa shape index (κ3) is 3.29. The maximum absolute atomic E-state index is 12.0. The summed E-state index contributed by atoms with van der Waals surface area (Å²) in [6.07, 6.45) is 0.541. The van der Waals surface area contributed by atoms with Crippen molar-refractivity contribution < 1.29 is 19.8 Å². The van der Waals surface area contributed by atoms with Crippen molar-refractivity contribution in [1.82, 2.24) is 4.90 Å². The van der Waals surface area contributed by atoms with Crippen LogP contribution in [0.15, 0.2) is 22.7 Å². The van der Waals surface area contributed by atoms with Crippen molar-refractivity contribution in [3.63, 3.8) is 0 Å². The van der Waals surface area contributed by atoms with Gasteiger partial charge in [0.15, 0.2) is 0 Å². The Morgan fingerprint density at radius 2 is 2.15 bits per heavy atom. The van der Waals surface area contributed by atoms with Gasteiger partial charge in [-0.3, -0.25) is 0 Å². The van der Waals surface area contributed by atoms with Crippen LogP contribution in [-0.4, -0.2) is 45.8 Å². The fourth-order valence-corrected chi connectivity index (χ4v) is 2.54. The second-order valence-corrected chi connectivity index (χ2v) is 5.95. The number of aromatic carboxylic acids is 1. The van der Waals surface area contributed by atoms with Crippen molar-refractivity contribution in [2.45, 2.75) is 18.9 Å². The van der Waals surface area contributed by atoms with Gasteiger partial charge in [-0.05, 0) is 47.5 Å². The number of nitrogens with zero attached hydrogens (tertiary/aromatic N) is 1. The Balaban J connectivity index is 2.07. The zero-order valence-electron chi connectivity index (χ0n) is 10.9. The number of carbonyl (C=O) groups excluding carboxylic acids is 1. The van der Waals surface area contributed by atoms with E-state index in [0.29, 0.717) is 23.1 Å². The van der Waals surface area contributed by atoms with Gasteiger partial charge >= 0.3 is 12.0 Å². The highest BCUT2D eigenvalue weighted by Crippen LogP contribution is 2.26. The van der Waals surface area contributed by atoms with Crippen LogP contribution in [0.3, 0.4) is 0 Å². The lowest BCUT2D eigenvalue weighted by molar-refractivity contribution is 0.0695. The van der Waals surface area contributed by atoms with E-state index in [0.717, 1.165) is 0 Å². The van der Waals surface area contributed by atoms with Crippen LogP contribution in [0.25, 0.3) is 0 Å². The topological polar surface area (TPSA) is 89.9 Å². The van der Waals surface area contributed by atoms with Crippen LogP contribution >= 0.6 is 15.9 Å². The van der Waals surface area contributed by atoms with Crippen LogP contribution in [-0.2, 0) is 0 Å². The molecule has 0 spiro atoms. The number of carboxylic acids is 1. The van der Waals surface area contributed by atoms with Gasteiger partial charge in [-0.15, -0.1) is 0 Å². The molecule has 1 saturated heterocycles. The summed E-state index contributed by atoms with van der Waals surface area (Å²) in [5.74, 6) is -1.03. The van der Waals surface area contributed by atoms with E-state index in [-0.39, 0.29) is 18.1 Å². The van der Waals surface area contributed by atoms with E-state index in [9.17, 15) is 14.7 Å². The number of hydrogen-bond donors (Lipinski definition) is 3. The van der Waals surface area contributed by atoms with Gasteiger partial charge in [-0.25, -0.2) is 9.59 Å². The minimum Gasteiger partial charge on any atom is -0.478 e. The van der Waals surface area contributed by atoms with E-state index in [2.05, 4.69) is 21.2 Å². The predicted octanol–water partition coefficient (Wildman–Crippen LogP) is 2.14. The first kappa shape index (κ1) is 14.8. The number of nitrogens with one attached hydrogen (secondary N) is 1. The van der Waals surface area contributed by atoms with E-state index in [1.807, 2.05) is 0 Å². The van der Waals surface area contributed by atoms with Gasteiger partial charge in [0, 0.05) is 11.0 Å². The number of carbonyl (C=O) groups is 2. The number of likely N-dealkylation sites (tertiary alicyclic amines) is 1. The van der Waals surface area contributed by atoms with Crippen molar-refractivity contribution in [1.29, 1.82) is 0 Å².